The van der Waals surface area contributed by atoms with E-state index in [2.05, 4.69) is 0 Å². The topological polar surface area (TPSA) is 96.2 Å². The highest BCUT2D eigenvalue weighted by atomic mass is 16.7. The predicted molar refractivity (Wildman–Crippen MR) is 76.8 cm³/mol. The molecule has 0 saturated carbocycles. The van der Waals surface area contributed by atoms with Crippen LogP contribution in [0.2, 0.25) is 0 Å². The average Bonchev–Trinajstić information content (AvgIpc) is 2.39. The summed E-state index contributed by atoms with van der Waals surface area (Å²) in [5.74, 6) is -0.925. The molecule has 0 bridgehead atoms. The van der Waals surface area contributed by atoms with Crippen LogP contribution in [0.4, 0.5) is 0 Å². The second-order valence-electron chi connectivity index (χ2n) is 5.55. The summed E-state index contributed by atoms with van der Waals surface area (Å²) in [4.78, 5) is 10.3. The van der Waals surface area contributed by atoms with E-state index in [0.717, 1.165) is 31.8 Å². The second kappa shape index (κ2) is 9.15. The molecule has 122 valence electrons. The van der Waals surface area contributed by atoms with Crippen LogP contribution in [-0.2, 0) is 14.3 Å². The van der Waals surface area contributed by atoms with Gasteiger partial charge in [0.15, 0.2) is 6.29 Å². The first-order chi connectivity index (χ1) is 9.90. The number of rotatable bonds is 8. The Morgan fingerprint density at radius 3 is 2.76 bits per heavy atom. The summed E-state index contributed by atoms with van der Waals surface area (Å²) < 4.78 is 11.1. The molecule has 0 radical (unpaired) electrons. The molecule has 6 heteroatoms. The summed E-state index contributed by atoms with van der Waals surface area (Å²) in [5, 5.41) is 27.8. The summed E-state index contributed by atoms with van der Waals surface area (Å²) in [7, 11) is 0. The smallest absolute Gasteiger partial charge is 0.327 e. The van der Waals surface area contributed by atoms with E-state index in [9.17, 15) is 15.0 Å². The molecule has 0 aromatic carbocycles. The first-order valence-corrected chi connectivity index (χ1v) is 7.46. The Hall–Kier alpha value is -0.950. The summed E-state index contributed by atoms with van der Waals surface area (Å²) in [6.07, 6.45) is 3.84. The van der Waals surface area contributed by atoms with Gasteiger partial charge >= 0.3 is 5.97 Å². The average molecular weight is 302 g/mol. The van der Waals surface area contributed by atoms with Crippen molar-refractivity contribution in [1.29, 1.82) is 0 Å². The lowest BCUT2D eigenvalue weighted by Gasteiger charge is -2.36. The van der Waals surface area contributed by atoms with Crippen LogP contribution in [0, 0.1) is 0 Å². The third kappa shape index (κ3) is 7.04. The van der Waals surface area contributed by atoms with Crippen LogP contribution in [0.5, 0.6) is 0 Å². The molecule has 21 heavy (non-hydrogen) atoms. The largest absolute Gasteiger partial charge is 0.478 e. The third-order valence-electron chi connectivity index (χ3n) is 3.55. The number of hydrogen-bond donors (Lipinski definition) is 3. The Kier molecular flexibility index (Phi) is 7.88. The fourth-order valence-corrected chi connectivity index (χ4v) is 2.24. The first kappa shape index (κ1) is 18.1. The molecule has 6 nitrogen and oxygen atoms in total. The molecular formula is C15H26O6. The normalized spacial score (nSPS) is 31.4. The summed E-state index contributed by atoms with van der Waals surface area (Å²) in [6, 6.07) is 0. The van der Waals surface area contributed by atoms with Gasteiger partial charge < -0.3 is 24.8 Å². The molecule has 1 saturated heterocycles. The zero-order valence-corrected chi connectivity index (χ0v) is 12.6. The van der Waals surface area contributed by atoms with Crippen LogP contribution in [0.3, 0.4) is 0 Å². The van der Waals surface area contributed by atoms with Crippen molar-refractivity contribution in [3.05, 3.63) is 12.2 Å². The standard InChI is InChI=1S/C15H26O6/c1-10(7-5-3-4-6-8-14(18)19)20-15-13(17)9-12(16)11(2)21-15/h6,8,10-13,15-17H,3-5,7,9H2,1-2H3,(H,18,19)/b8-6+/t10-,11+,12-,13-,15-/m1/s1. The Morgan fingerprint density at radius 2 is 2.10 bits per heavy atom. The van der Waals surface area contributed by atoms with Gasteiger partial charge in [-0.1, -0.05) is 12.5 Å². The number of allylic oxidation sites excluding steroid dienone is 1. The number of hydrogen-bond acceptors (Lipinski definition) is 5. The molecule has 1 heterocycles. The highest BCUT2D eigenvalue weighted by Crippen LogP contribution is 2.23. The Morgan fingerprint density at radius 1 is 1.38 bits per heavy atom. The van der Waals surface area contributed by atoms with Gasteiger partial charge in [0.25, 0.3) is 0 Å². The molecule has 0 aromatic heterocycles. The number of unbranched alkanes of at least 4 members (excludes halogenated alkanes) is 2. The van der Waals surface area contributed by atoms with Crippen molar-refractivity contribution in [2.45, 2.75) is 76.7 Å². The van der Waals surface area contributed by atoms with Gasteiger partial charge in [-0.05, 0) is 33.1 Å². The minimum absolute atomic E-state index is 0.0597. The van der Waals surface area contributed by atoms with E-state index in [-0.39, 0.29) is 18.6 Å². The summed E-state index contributed by atoms with van der Waals surface area (Å²) >= 11 is 0. The Bertz CT molecular complexity index is 343. The summed E-state index contributed by atoms with van der Waals surface area (Å²) in [5.41, 5.74) is 0. The fraction of sp³-hybridized carbons (Fsp3) is 0.800. The van der Waals surface area contributed by atoms with Crippen molar-refractivity contribution >= 4 is 5.97 Å². The van der Waals surface area contributed by atoms with Gasteiger partial charge in [-0.2, -0.15) is 0 Å². The molecule has 3 N–H and O–H groups in total. The minimum Gasteiger partial charge on any atom is -0.478 e. The molecule has 1 aliphatic heterocycles. The molecular weight excluding hydrogens is 276 g/mol. The molecule has 0 unspecified atom stereocenters. The maximum absolute atomic E-state index is 10.3. The molecule has 1 aliphatic rings. The Labute approximate surface area is 125 Å². The highest BCUT2D eigenvalue weighted by molar-refractivity contribution is 5.79. The number of aliphatic carboxylic acids is 1. The minimum atomic E-state index is -0.925. The lowest BCUT2D eigenvalue weighted by atomic mass is 10.0. The van der Waals surface area contributed by atoms with Crippen LogP contribution < -0.4 is 0 Å². The monoisotopic (exact) mass is 302 g/mol. The van der Waals surface area contributed by atoms with E-state index >= 15 is 0 Å². The van der Waals surface area contributed by atoms with E-state index in [4.69, 9.17) is 14.6 Å². The first-order valence-electron chi connectivity index (χ1n) is 7.46. The number of ether oxygens (including phenoxy) is 2. The van der Waals surface area contributed by atoms with E-state index in [0.29, 0.717) is 0 Å². The van der Waals surface area contributed by atoms with Crippen molar-refractivity contribution in [2.75, 3.05) is 0 Å². The maximum atomic E-state index is 10.3. The molecule has 1 rings (SSSR count). The van der Waals surface area contributed by atoms with Crippen molar-refractivity contribution in [1.82, 2.24) is 0 Å². The molecule has 0 spiro atoms. The number of carboxylic acids is 1. The Balaban J connectivity index is 2.18. The van der Waals surface area contributed by atoms with Crippen molar-refractivity contribution in [3.8, 4) is 0 Å². The van der Waals surface area contributed by atoms with Crippen LogP contribution in [0.25, 0.3) is 0 Å². The number of aliphatic hydroxyl groups is 2. The van der Waals surface area contributed by atoms with Gasteiger partial charge in [-0.3, -0.25) is 0 Å². The summed E-state index contributed by atoms with van der Waals surface area (Å²) in [6.45, 7) is 3.67. The van der Waals surface area contributed by atoms with E-state index in [1.54, 1.807) is 13.0 Å². The quantitative estimate of drug-likeness (QED) is 0.464. The third-order valence-corrected chi connectivity index (χ3v) is 3.55. The zero-order chi connectivity index (χ0) is 15.8. The van der Waals surface area contributed by atoms with E-state index in [1.165, 1.54) is 0 Å². The van der Waals surface area contributed by atoms with E-state index < -0.39 is 24.5 Å². The van der Waals surface area contributed by atoms with Crippen LogP contribution in [-0.4, -0.2) is 52.0 Å². The number of carboxylic acid groups (broad SMARTS) is 1. The van der Waals surface area contributed by atoms with Crippen molar-refractivity contribution in [3.63, 3.8) is 0 Å². The van der Waals surface area contributed by atoms with Crippen LogP contribution in [0.15, 0.2) is 12.2 Å². The second-order valence-corrected chi connectivity index (χ2v) is 5.55. The zero-order valence-electron chi connectivity index (χ0n) is 12.6. The van der Waals surface area contributed by atoms with Crippen LogP contribution >= 0.6 is 0 Å². The van der Waals surface area contributed by atoms with Crippen LogP contribution in [0.1, 0.15) is 46.0 Å². The van der Waals surface area contributed by atoms with Crippen molar-refractivity contribution in [2.24, 2.45) is 0 Å². The molecule has 5 atom stereocenters. The highest BCUT2D eigenvalue weighted by Gasteiger charge is 2.35. The maximum Gasteiger partial charge on any atom is 0.327 e. The van der Waals surface area contributed by atoms with Gasteiger partial charge in [0.05, 0.1) is 18.3 Å². The van der Waals surface area contributed by atoms with Gasteiger partial charge in [-0.25, -0.2) is 4.79 Å². The molecule has 0 amide bonds. The van der Waals surface area contributed by atoms with Gasteiger partial charge in [0, 0.05) is 12.5 Å². The lowest BCUT2D eigenvalue weighted by molar-refractivity contribution is -0.273. The predicted octanol–water partition coefficient (Wildman–Crippen LogP) is 1.45. The van der Waals surface area contributed by atoms with Gasteiger partial charge in [-0.15, -0.1) is 0 Å². The lowest BCUT2D eigenvalue weighted by Crippen LogP contribution is -2.48. The number of aliphatic hydroxyl groups excluding tert-OH is 2. The molecule has 0 aliphatic carbocycles. The molecule has 1 fully saturated rings. The fourth-order valence-electron chi connectivity index (χ4n) is 2.24. The van der Waals surface area contributed by atoms with E-state index in [1.807, 2.05) is 6.92 Å². The number of carbonyl (C=O) groups is 1. The molecule has 0 aromatic rings. The SMILES string of the molecule is C[C@H](CCCC/C=C/C(=O)O)O[C@@H]1O[C@@H](C)[C@H](O)C[C@H]1O. The van der Waals surface area contributed by atoms with Crippen molar-refractivity contribution < 1.29 is 29.6 Å². The van der Waals surface area contributed by atoms with Gasteiger partial charge in [0.1, 0.15) is 6.10 Å². The van der Waals surface area contributed by atoms with Gasteiger partial charge in [0.2, 0.25) is 0 Å².